The number of rotatable bonds is 5. The third-order valence-corrected chi connectivity index (χ3v) is 15.2. The average molecular weight is 435 g/mol. The van der Waals surface area contributed by atoms with E-state index >= 15 is 0 Å². The van der Waals surface area contributed by atoms with Crippen LogP contribution in [0.25, 0.3) is 0 Å². The van der Waals surface area contributed by atoms with Gasteiger partial charge in [0.2, 0.25) is 0 Å². The van der Waals surface area contributed by atoms with Gasteiger partial charge in [-0.15, -0.1) is 0 Å². The minimum atomic E-state index is -1.75. The molecule has 0 aromatic rings. The lowest BCUT2D eigenvalue weighted by Crippen LogP contribution is -2.52. The first-order valence-corrected chi connectivity index (χ1v) is 15.6. The first-order valence-electron chi connectivity index (χ1n) is 12.7. The second-order valence-corrected chi connectivity index (χ2v) is 18.1. The van der Waals surface area contributed by atoms with E-state index < -0.39 is 8.32 Å². The average Bonchev–Trinajstić information content (AvgIpc) is 2.96. The van der Waals surface area contributed by atoms with Crippen molar-refractivity contribution >= 4 is 8.32 Å². The van der Waals surface area contributed by atoms with E-state index in [-0.39, 0.29) is 15.9 Å². The molecule has 7 atom stereocenters. The molecule has 3 aliphatic carbocycles. The van der Waals surface area contributed by atoms with Gasteiger partial charge in [-0.2, -0.15) is 0 Å². The predicted octanol–water partition coefficient (Wildman–Crippen LogP) is 7.44. The lowest BCUT2D eigenvalue weighted by Gasteiger charge is -2.57. The molecule has 0 aromatic carbocycles. The van der Waals surface area contributed by atoms with Crippen LogP contribution in [-0.2, 0) is 4.43 Å². The standard InChI is InChI=1S/C27H50O2Si/c1-19-12-14-27(7,21(16-19)18-29-30(8,9)25(3,4)5)24-13-15-26(6)20(2)10-11-23(26)22(24)17-28/h19,21-24,28H,2,10-18H2,1,3-9H3/t19-,21+,22-,23-,24-,26+,27-/m0/s1. The van der Waals surface area contributed by atoms with Crippen molar-refractivity contribution in [3.63, 3.8) is 0 Å². The Hall–Kier alpha value is -0.123. The Kier molecular flexibility index (Phi) is 6.81. The molecule has 0 saturated heterocycles. The van der Waals surface area contributed by atoms with Crippen molar-refractivity contribution in [3.8, 4) is 0 Å². The van der Waals surface area contributed by atoms with Gasteiger partial charge < -0.3 is 9.53 Å². The minimum absolute atomic E-state index is 0.258. The maximum Gasteiger partial charge on any atom is 0.191 e. The molecule has 174 valence electrons. The second-order valence-electron chi connectivity index (χ2n) is 13.3. The molecule has 1 N–H and O–H groups in total. The number of aliphatic hydroxyl groups excluding tert-OH is 1. The van der Waals surface area contributed by atoms with E-state index in [4.69, 9.17) is 4.43 Å². The third kappa shape index (κ3) is 4.12. The van der Waals surface area contributed by atoms with Crippen molar-refractivity contribution in [3.05, 3.63) is 12.2 Å². The molecule has 0 spiro atoms. The van der Waals surface area contributed by atoms with Crippen LogP contribution in [0.1, 0.15) is 86.5 Å². The Labute approximate surface area is 188 Å². The van der Waals surface area contributed by atoms with Gasteiger partial charge in [0.1, 0.15) is 0 Å². The molecule has 0 aliphatic heterocycles. The zero-order valence-electron chi connectivity index (χ0n) is 21.3. The van der Waals surface area contributed by atoms with E-state index in [1.54, 1.807) is 0 Å². The molecule has 3 aliphatic rings. The fourth-order valence-electron chi connectivity index (χ4n) is 7.17. The van der Waals surface area contributed by atoms with Crippen LogP contribution in [0.4, 0.5) is 0 Å². The molecule has 0 amide bonds. The normalized spacial score (nSPS) is 43.0. The van der Waals surface area contributed by atoms with Crippen LogP contribution in [0.5, 0.6) is 0 Å². The molecule has 0 unspecified atom stereocenters. The molecule has 2 nitrogen and oxygen atoms in total. The molecular weight excluding hydrogens is 384 g/mol. The van der Waals surface area contributed by atoms with E-state index in [1.807, 2.05) is 0 Å². The summed E-state index contributed by atoms with van der Waals surface area (Å²) < 4.78 is 6.82. The van der Waals surface area contributed by atoms with E-state index in [2.05, 4.69) is 61.2 Å². The topological polar surface area (TPSA) is 29.5 Å². The van der Waals surface area contributed by atoms with E-state index in [0.717, 1.165) is 18.9 Å². The summed E-state index contributed by atoms with van der Waals surface area (Å²) in [6.07, 6.45) is 8.82. The summed E-state index contributed by atoms with van der Waals surface area (Å²) in [6.45, 7) is 25.0. The van der Waals surface area contributed by atoms with Gasteiger partial charge >= 0.3 is 0 Å². The largest absolute Gasteiger partial charge is 0.417 e. The van der Waals surface area contributed by atoms with Crippen molar-refractivity contribution in [1.82, 2.24) is 0 Å². The summed E-state index contributed by atoms with van der Waals surface area (Å²) in [5, 5.41) is 10.9. The molecule has 3 fully saturated rings. The highest BCUT2D eigenvalue weighted by molar-refractivity contribution is 6.74. The lowest BCUT2D eigenvalue weighted by molar-refractivity contribution is -0.0914. The quantitative estimate of drug-likeness (QED) is 0.360. The highest BCUT2D eigenvalue weighted by atomic mass is 28.4. The fourth-order valence-corrected chi connectivity index (χ4v) is 8.23. The summed E-state index contributed by atoms with van der Waals surface area (Å²) in [6, 6.07) is 0. The Morgan fingerprint density at radius 2 is 1.77 bits per heavy atom. The molecule has 0 bridgehead atoms. The number of fused-ring (bicyclic) bond motifs is 1. The smallest absolute Gasteiger partial charge is 0.191 e. The summed E-state index contributed by atoms with van der Waals surface area (Å²) in [7, 11) is -1.75. The van der Waals surface area contributed by atoms with Crippen molar-refractivity contribution in [2.75, 3.05) is 13.2 Å². The molecular formula is C27H50O2Si. The van der Waals surface area contributed by atoms with Crippen LogP contribution in [0.15, 0.2) is 12.2 Å². The molecule has 3 saturated carbocycles. The van der Waals surface area contributed by atoms with E-state index in [9.17, 15) is 5.11 Å². The first kappa shape index (κ1) is 24.5. The van der Waals surface area contributed by atoms with Crippen LogP contribution < -0.4 is 0 Å². The van der Waals surface area contributed by atoms with E-state index in [0.29, 0.717) is 30.3 Å². The Morgan fingerprint density at radius 1 is 1.10 bits per heavy atom. The molecule has 30 heavy (non-hydrogen) atoms. The van der Waals surface area contributed by atoms with Gasteiger partial charge in [0.25, 0.3) is 0 Å². The SMILES string of the molecule is C=C1CC[C@H]2[C@H](CO)[C@@H]([C@@]3(C)CC[C@H](C)C[C@@H]3CO[Si](C)(C)C(C)(C)C)CC[C@]12C. The molecule has 0 radical (unpaired) electrons. The minimum Gasteiger partial charge on any atom is -0.417 e. The molecule has 3 rings (SSSR count). The Bertz CT molecular complexity index is 635. The van der Waals surface area contributed by atoms with Gasteiger partial charge in [-0.05, 0) is 97.1 Å². The molecule has 0 aromatic heterocycles. The van der Waals surface area contributed by atoms with Gasteiger partial charge in [0.15, 0.2) is 8.32 Å². The number of allylic oxidation sites excluding steroid dienone is 1. The summed E-state index contributed by atoms with van der Waals surface area (Å²) in [4.78, 5) is 0. The molecule has 3 heteroatoms. The maximum absolute atomic E-state index is 10.6. The highest BCUT2D eigenvalue weighted by Crippen LogP contribution is 2.63. The predicted molar refractivity (Wildman–Crippen MR) is 131 cm³/mol. The van der Waals surface area contributed by atoms with Gasteiger partial charge in [-0.1, -0.05) is 60.1 Å². The van der Waals surface area contributed by atoms with Crippen LogP contribution in [0, 0.1) is 40.4 Å². The zero-order valence-corrected chi connectivity index (χ0v) is 22.3. The van der Waals surface area contributed by atoms with Crippen LogP contribution >= 0.6 is 0 Å². The molecule has 0 heterocycles. The van der Waals surface area contributed by atoms with Crippen molar-refractivity contribution in [2.45, 2.75) is 105 Å². The monoisotopic (exact) mass is 434 g/mol. The Morgan fingerprint density at radius 3 is 2.37 bits per heavy atom. The van der Waals surface area contributed by atoms with Gasteiger partial charge in [-0.3, -0.25) is 0 Å². The number of hydrogen-bond donors (Lipinski definition) is 1. The van der Waals surface area contributed by atoms with Crippen molar-refractivity contribution in [1.29, 1.82) is 0 Å². The fraction of sp³-hybridized carbons (Fsp3) is 0.926. The van der Waals surface area contributed by atoms with Crippen LogP contribution in [0.2, 0.25) is 18.1 Å². The van der Waals surface area contributed by atoms with Gasteiger partial charge in [0.05, 0.1) is 0 Å². The summed E-state index contributed by atoms with van der Waals surface area (Å²) in [5.74, 6) is 3.07. The summed E-state index contributed by atoms with van der Waals surface area (Å²) in [5.41, 5.74) is 1.99. The Balaban J connectivity index is 1.84. The van der Waals surface area contributed by atoms with Crippen LogP contribution in [0.3, 0.4) is 0 Å². The zero-order chi connectivity index (χ0) is 22.5. The maximum atomic E-state index is 10.6. The van der Waals surface area contributed by atoms with Crippen molar-refractivity contribution < 1.29 is 9.53 Å². The second kappa shape index (κ2) is 8.34. The van der Waals surface area contributed by atoms with Crippen LogP contribution in [-0.4, -0.2) is 26.6 Å². The van der Waals surface area contributed by atoms with Gasteiger partial charge in [-0.25, -0.2) is 0 Å². The first-order chi connectivity index (χ1) is 13.8. The number of aliphatic hydroxyl groups is 1. The van der Waals surface area contributed by atoms with Gasteiger partial charge in [0, 0.05) is 13.2 Å². The van der Waals surface area contributed by atoms with E-state index in [1.165, 1.54) is 44.1 Å². The van der Waals surface area contributed by atoms with Crippen molar-refractivity contribution in [2.24, 2.45) is 40.4 Å². The highest BCUT2D eigenvalue weighted by Gasteiger charge is 2.56. The lowest BCUT2D eigenvalue weighted by atomic mass is 9.49. The summed E-state index contributed by atoms with van der Waals surface area (Å²) >= 11 is 0. The number of hydrogen-bond acceptors (Lipinski definition) is 2. The third-order valence-electron chi connectivity index (χ3n) is 10.7.